The smallest absolute Gasteiger partial charge is 0.191 e. The second-order valence-electron chi connectivity index (χ2n) is 4.86. The Morgan fingerprint density at radius 1 is 1.36 bits per heavy atom. The normalized spacial score (nSPS) is 11.6. The molecule has 120 valence electrons. The fourth-order valence-corrected chi connectivity index (χ4v) is 2.76. The highest BCUT2D eigenvalue weighted by Gasteiger charge is 2.02. The maximum atomic E-state index is 5.54. The Morgan fingerprint density at radius 3 is 2.95 bits per heavy atom. The minimum absolute atomic E-state index is 0.525. The van der Waals surface area contributed by atoms with Crippen LogP contribution in [0, 0.1) is 6.92 Å². The molecule has 0 aliphatic rings. The molecule has 0 unspecified atom stereocenters. The number of aryl methyl sites for hydroxylation is 1. The summed E-state index contributed by atoms with van der Waals surface area (Å²) in [6.07, 6.45) is 2.57. The Balaban J connectivity index is 1.55. The monoisotopic (exact) mass is 321 g/mol. The number of furan rings is 1. The van der Waals surface area contributed by atoms with Crippen LogP contribution in [0.3, 0.4) is 0 Å². The average Bonchev–Trinajstić information content (AvgIpc) is 3.17. The van der Waals surface area contributed by atoms with Gasteiger partial charge < -0.3 is 19.8 Å². The number of ether oxygens (including phenoxy) is 1. The number of guanidine groups is 1. The molecule has 0 bridgehead atoms. The second-order valence-corrected chi connectivity index (χ2v) is 5.87. The molecule has 0 atom stereocenters. The molecule has 0 radical (unpaired) electrons. The Hall–Kier alpha value is -1.79. The molecule has 2 heterocycles. The maximum Gasteiger partial charge on any atom is 0.191 e. The van der Waals surface area contributed by atoms with Crippen LogP contribution in [0.2, 0.25) is 0 Å². The van der Waals surface area contributed by atoms with Gasteiger partial charge in [-0.25, -0.2) is 0 Å². The van der Waals surface area contributed by atoms with Gasteiger partial charge >= 0.3 is 0 Å². The van der Waals surface area contributed by atoms with E-state index in [4.69, 9.17) is 9.15 Å². The molecule has 2 aromatic rings. The molecule has 2 rings (SSSR count). The van der Waals surface area contributed by atoms with E-state index in [1.165, 1.54) is 10.4 Å². The molecule has 0 aliphatic heterocycles. The Morgan fingerprint density at radius 2 is 2.27 bits per heavy atom. The average molecular weight is 321 g/mol. The van der Waals surface area contributed by atoms with Crippen LogP contribution < -0.4 is 10.6 Å². The molecular weight excluding hydrogens is 298 g/mol. The van der Waals surface area contributed by atoms with Gasteiger partial charge in [-0.15, -0.1) is 11.3 Å². The lowest BCUT2D eigenvalue weighted by Crippen LogP contribution is -2.37. The van der Waals surface area contributed by atoms with E-state index in [9.17, 15) is 0 Å². The Kier molecular flexibility index (Phi) is 6.99. The molecule has 0 aliphatic carbocycles. The Labute approximate surface area is 135 Å². The summed E-state index contributed by atoms with van der Waals surface area (Å²) in [5.41, 5.74) is 1.32. The number of thiophene rings is 1. The topological polar surface area (TPSA) is 58.8 Å². The van der Waals surface area contributed by atoms with Gasteiger partial charge in [0.2, 0.25) is 0 Å². The molecule has 6 heteroatoms. The molecule has 0 aromatic carbocycles. The van der Waals surface area contributed by atoms with Crippen LogP contribution in [0.25, 0.3) is 0 Å². The highest BCUT2D eigenvalue weighted by Crippen LogP contribution is 2.14. The van der Waals surface area contributed by atoms with Gasteiger partial charge in [0.15, 0.2) is 5.96 Å². The van der Waals surface area contributed by atoms with E-state index in [0.29, 0.717) is 13.2 Å². The molecule has 2 N–H and O–H groups in total. The fourth-order valence-electron chi connectivity index (χ4n) is 1.92. The minimum Gasteiger partial charge on any atom is -0.467 e. The molecule has 0 spiro atoms. The number of aliphatic imine (C=N–C) groups is 1. The second kappa shape index (κ2) is 9.27. The summed E-state index contributed by atoms with van der Waals surface area (Å²) in [6.45, 7) is 4.96. The first-order valence-electron chi connectivity index (χ1n) is 7.37. The molecule has 0 amide bonds. The van der Waals surface area contributed by atoms with Crippen LogP contribution >= 0.6 is 11.3 Å². The zero-order valence-corrected chi connectivity index (χ0v) is 13.9. The summed E-state index contributed by atoms with van der Waals surface area (Å²) in [7, 11) is 1.78. The van der Waals surface area contributed by atoms with Crippen LogP contribution in [-0.2, 0) is 17.9 Å². The first-order valence-corrected chi connectivity index (χ1v) is 8.25. The van der Waals surface area contributed by atoms with Gasteiger partial charge in [0.05, 0.1) is 12.8 Å². The molecule has 0 fully saturated rings. The SMILES string of the molecule is CN=C(NCCCOCc1ccco1)NCc1sccc1C. The molecule has 0 saturated heterocycles. The first kappa shape index (κ1) is 16.6. The number of hydrogen-bond acceptors (Lipinski definition) is 4. The molecule has 2 aromatic heterocycles. The van der Waals surface area contributed by atoms with E-state index >= 15 is 0 Å². The summed E-state index contributed by atoms with van der Waals surface area (Å²) >= 11 is 1.76. The standard InChI is InChI=1S/C16H23N3O2S/c1-13-6-10-22-15(13)11-19-16(17-2)18-7-4-8-20-12-14-5-3-9-21-14/h3,5-6,9-10H,4,7-8,11-12H2,1-2H3,(H2,17,18,19). The van der Waals surface area contributed by atoms with Crippen molar-refractivity contribution >= 4 is 17.3 Å². The van der Waals surface area contributed by atoms with Gasteiger partial charge in [-0.3, -0.25) is 4.99 Å². The largest absolute Gasteiger partial charge is 0.467 e. The summed E-state index contributed by atoms with van der Waals surface area (Å²) in [5.74, 6) is 1.68. The first-order chi connectivity index (χ1) is 10.8. The summed E-state index contributed by atoms with van der Waals surface area (Å²) in [4.78, 5) is 5.56. The third kappa shape index (κ3) is 5.54. The zero-order valence-electron chi connectivity index (χ0n) is 13.1. The van der Waals surface area contributed by atoms with Crippen molar-refractivity contribution in [3.8, 4) is 0 Å². The van der Waals surface area contributed by atoms with Crippen molar-refractivity contribution < 1.29 is 9.15 Å². The van der Waals surface area contributed by atoms with Crippen molar-refractivity contribution in [2.24, 2.45) is 4.99 Å². The van der Waals surface area contributed by atoms with Gasteiger partial charge in [0.25, 0.3) is 0 Å². The van der Waals surface area contributed by atoms with Crippen LogP contribution in [0.1, 0.15) is 22.6 Å². The predicted molar refractivity (Wildman–Crippen MR) is 90.2 cm³/mol. The Bertz CT molecular complexity index is 564. The van der Waals surface area contributed by atoms with Crippen molar-refractivity contribution in [2.75, 3.05) is 20.2 Å². The molecule has 0 saturated carbocycles. The summed E-state index contributed by atoms with van der Waals surface area (Å²) in [6, 6.07) is 5.91. The highest BCUT2D eigenvalue weighted by molar-refractivity contribution is 7.10. The van der Waals surface area contributed by atoms with E-state index in [0.717, 1.165) is 31.2 Å². The zero-order chi connectivity index (χ0) is 15.6. The predicted octanol–water partition coefficient (Wildman–Crippen LogP) is 2.92. The molecular formula is C16H23N3O2S. The van der Waals surface area contributed by atoms with Gasteiger partial charge in [-0.2, -0.15) is 0 Å². The van der Waals surface area contributed by atoms with Crippen molar-refractivity contribution in [1.82, 2.24) is 10.6 Å². The van der Waals surface area contributed by atoms with Gasteiger partial charge in [0, 0.05) is 25.1 Å². The third-order valence-corrected chi connectivity index (χ3v) is 4.21. The van der Waals surface area contributed by atoms with Gasteiger partial charge in [0.1, 0.15) is 12.4 Å². The van der Waals surface area contributed by atoms with Crippen molar-refractivity contribution in [1.29, 1.82) is 0 Å². The van der Waals surface area contributed by atoms with E-state index < -0.39 is 0 Å². The van der Waals surface area contributed by atoms with Crippen LogP contribution in [0.5, 0.6) is 0 Å². The van der Waals surface area contributed by atoms with Gasteiger partial charge in [-0.05, 0) is 42.5 Å². The van der Waals surface area contributed by atoms with Crippen molar-refractivity contribution in [3.05, 3.63) is 46.0 Å². The lowest BCUT2D eigenvalue weighted by atomic mass is 10.3. The quantitative estimate of drug-likeness (QED) is 0.446. The summed E-state index contributed by atoms with van der Waals surface area (Å²) in [5, 5.41) is 8.71. The van der Waals surface area contributed by atoms with Crippen molar-refractivity contribution in [2.45, 2.75) is 26.5 Å². The van der Waals surface area contributed by atoms with Crippen LogP contribution in [0.15, 0.2) is 39.3 Å². The third-order valence-electron chi connectivity index (χ3n) is 3.19. The van der Waals surface area contributed by atoms with E-state index in [1.54, 1.807) is 24.6 Å². The minimum atomic E-state index is 0.525. The number of nitrogens with zero attached hydrogens (tertiary/aromatic N) is 1. The van der Waals surface area contributed by atoms with Crippen LogP contribution in [-0.4, -0.2) is 26.2 Å². The fraction of sp³-hybridized carbons (Fsp3) is 0.438. The van der Waals surface area contributed by atoms with E-state index in [1.807, 2.05) is 12.1 Å². The molecule has 5 nitrogen and oxygen atoms in total. The maximum absolute atomic E-state index is 5.54. The highest BCUT2D eigenvalue weighted by atomic mass is 32.1. The lowest BCUT2D eigenvalue weighted by molar-refractivity contribution is 0.105. The van der Waals surface area contributed by atoms with Crippen molar-refractivity contribution in [3.63, 3.8) is 0 Å². The number of rotatable bonds is 8. The number of nitrogens with one attached hydrogen (secondary N) is 2. The van der Waals surface area contributed by atoms with Crippen LogP contribution in [0.4, 0.5) is 0 Å². The van der Waals surface area contributed by atoms with E-state index in [-0.39, 0.29) is 0 Å². The molecule has 22 heavy (non-hydrogen) atoms. The lowest BCUT2D eigenvalue weighted by Gasteiger charge is -2.11. The number of hydrogen-bond donors (Lipinski definition) is 2. The summed E-state index contributed by atoms with van der Waals surface area (Å²) < 4.78 is 10.7. The van der Waals surface area contributed by atoms with E-state index in [2.05, 4.69) is 34.0 Å². The van der Waals surface area contributed by atoms with Gasteiger partial charge in [-0.1, -0.05) is 0 Å².